The summed E-state index contributed by atoms with van der Waals surface area (Å²) in [5.74, 6) is -0.0176. The van der Waals surface area contributed by atoms with Gasteiger partial charge in [-0.25, -0.2) is 0 Å². The van der Waals surface area contributed by atoms with E-state index in [0.717, 1.165) is 16.5 Å². The van der Waals surface area contributed by atoms with Crippen LogP contribution in [0.5, 0.6) is 5.75 Å². The second kappa shape index (κ2) is 11.0. The van der Waals surface area contributed by atoms with E-state index in [2.05, 4.69) is 21.2 Å². The molecule has 3 N–H and O–H groups in total. The standard InChI is InChI=1S/C20H26BrNO4S/c1-14(9-10-26-13-15-3-6-17(21)7-4-15)22-12-19(24)16-5-8-18(23)20(11-16)27(2)25/h3-8,11,14,19,22-24H,9-10,12-13H2,1-2H3. The van der Waals surface area contributed by atoms with E-state index in [9.17, 15) is 14.8 Å². The number of phenolic OH excluding ortho intramolecular Hbond substituents is 1. The lowest BCUT2D eigenvalue weighted by molar-refractivity contribution is 0.109. The summed E-state index contributed by atoms with van der Waals surface area (Å²) < 4.78 is 18.4. The molecule has 5 nitrogen and oxygen atoms in total. The van der Waals surface area contributed by atoms with Crippen LogP contribution < -0.4 is 5.32 Å². The van der Waals surface area contributed by atoms with Gasteiger partial charge in [-0.05, 0) is 53.8 Å². The number of aromatic hydroxyl groups is 1. The Morgan fingerprint density at radius 3 is 2.59 bits per heavy atom. The molecule has 0 fully saturated rings. The topological polar surface area (TPSA) is 84.8 Å². The van der Waals surface area contributed by atoms with Crippen molar-refractivity contribution in [3.8, 4) is 5.75 Å². The van der Waals surface area contributed by atoms with Gasteiger partial charge in [0.2, 0.25) is 0 Å². The van der Waals surface area contributed by atoms with Crippen molar-refractivity contribution >= 4 is 27.1 Å². The second-order valence-electron chi connectivity index (χ2n) is 6.47. The predicted octanol–water partition coefficient (Wildman–Crippen LogP) is 3.51. The number of ether oxygens (including phenoxy) is 1. The van der Waals surface area contributed by atoms with E-state index in [0.29, 0.717) is 30.2 Å². The molecule has 0 radical (unpaired) electrons. The third-order valence-corrected chi connectivity index (χ3v) is 5.69. The van der Waals surface area contributed by atoms with Gasteiger partial charge in [0.1, 0.15) is 6.26 Å². The van der Waals surface area contributed by atoms with Gasteiger partial charge >= 0.3 is 0 Å². The molecule has 2 rings (SSSR count). The first kappa shape index (κ1) is 22.2. The molecule has 0 aliphatic carbocycles. The number of hydrogen-bond donors (Lipinski definition) is 3. The van der Waals surface area contributed by atoms with Crippen molar-refractivity contribution in [2.45, 2.75) is 37.0 Å². The number of rotatable bonds is 10. The van der Waals surface area contributed by atoms with Gasteiger partial charge in [0, 0.05) is 29.7 Å². The minimum Gasteiger partial charge on any atom is -0.612 e. The maximum absolute atomic E-state index is 11.6. The molecule has 3 unspecified atom stereocenters. The molecule has 0 saturated carbocycles. The zero-order chi connectivity index (χ0) is 19.8. The van der Waals surface area contributed by atoms with Crippen molar-refractivity contribution in [2.24, 2.45) is 0 Å². The van der Waals surface area contributed by atoms with Crippen molar-refractivity contribution in [1.82, 2.24) is 5.32 Å². The zero-order valence-electron chi connectivity index (χ0n) is 15.5. The molecule has 3 atom stereocenters. The predicted molar refractivity (Wildman–Crippen MR) is 111 cm³/mol. The van der Waals surface area contributed by atoms with E-state index < -0.39 is 17.3 Å². The Bertz CT molecular complexity index is 712. The first-order valence-electron chi connectivity index (χ1n) is 8.76. The van der Waals surface area contributed by atoms with Crippen LogP contribution in [0.25, 0.3) is 0 Å². The van der Waals surface area contributed by atoms with Gasteiger partial charge in [-0.2, -0.15) is 0 Å². The fraction of sp³-hybridized carbons (Fsp3) is 0.400. The first-order chi connectivity index (χ1) is 12.9. The lowest BCUT2D eigenvalue weighted by Crippen LogP contribution is -2.31. The molecule has 7 heteroatoms. The highest BCUT2D eigenvalue weighted by molar-refractivity contribution is 9.10. The molecule has 0 aliphatic heterocycles. The Kier molecular flexibility index (Phi) is 9.08. The lowest BCUT2D eigenvalue weighted by Gasteiger charge is -2.18. The molecular formula is C20H26BrNO4S. The number of phenols is 1. The molecule has 0 saturated heterocycles. The normalized spacial score (nSPS) is 14.7. The van der Waals surface area contributed by atoms with Gasteiger partial charge in [-0.1, -0.05) is 34.1 Å². The zero-order valence-corrected chi connectivity index (χ0v) is 17.9. The van der Waals surface area contributed by atoms with Gasteiger partial charge in [0.15, 0.2) is 10.6 Å². The molecule has 2 aromatic rings. The molecule has 148 valence electrons. The summed E-state index contributed by atoms with van der Waals surface area (Å²) in [6, 6.07) is 12.9. The van der Waals surface area contributed by atoms with Crippen LogP contribution in [0.2, 0.25) is 0 Å². The van der Waals surface area contributed by atoms with E-state index in [1.807, 2.05) is 31.2 Å². The van der Waals surface area contributed by atoms with Gasteiger partial charge < -0.3 is 24.8 Å². The molecular weight excluding hydrogens is 430 g/mol. The SMILES string of the molecule is CC(CCOCc1ccc(Br)cc1)NCC(O)c1ccc(O)c([S+](C)[O-])c1. The van der Waals surface area contributed by atoms with Crippen LogP contribution in [0.4, 0.5) is 0 Å². The third kappa shape index (κ3) is 7.44. The third-order valence-electron chi connectivity index (χ3n) is 4.22. The minimum atomic E-state index is -1.30. The van der Waals surface area contributed by atoms with E-state index >= 15 is 0 Å². The number of hydrogen-bond acceptors (Lipinski definition) is 5. The Hall–Kier alpha value is -1.09. The van der Waals surface area contributed by atoms with Gasteiger partial charge in [0.25, 0.3) is 0 Å². The fourth-order valence-electron chi connectivity index (χ4n) is 2.53. The number of benzene rings is 2. The summed E-state index contributed by atoms with van der Waals surface area (Å²) in [4.78, 5) is 0.334. The Morgan fingerprint density at radius 2 is 1.93 bits per heavy atom. The van der Waals surface area contributed by atoms with Crippen molar-refractivity contribution in [1.29, 1.82) is 0 Å². The Morgan fingerprint density at radius 1 is 1.22 bits per heavy atom. The van der Waals surface area contributed by atoms with Crippen molar-refractivity contribution < 1.29 is 19.5 Å². The number of nitrogens with one attached hydrogen (secondary N) is 1. The molecule has 2 aromatic carbocycles. The number of aliphatic hydroxyl groups excluding tert-OH is 1. The first-order valence-corrected chi connectivity index (χ1v) is 11.1. The van der Waals surface area contributed by atoms with E-state index in [4.69, 9.17) is 4.74 Å². The Labute approximate surface area is 172 Å². The second-order valence-corrected chi connectivity index (χ2v) is 8.74. The quantitative estimate of drug-likeness (QED) is 0.377. The monoisotopic (exact) mass is 455 g/mol. The van der Waals surface area contributed by atoms with E-state index in [1.165, 1.54) is 12.3 Å². The fourth-order valence-corrected chi connectivity index (χ4v) is 3.46. The molecule has 0 amide bonds. The summed E-state index contributed by atoms with van der Waals surface area (Å²) in [6.45, 7) is 3.61. The molecule has 0 bridgehead atoms. The average Bonchev–Trinajstić information content (AvgIpc) is 2.64. The maximum Gasteiger partial charge on any atom is 0.194 e. The lowest BCUT2D eigenvalue weighted by atomic mass is 10.1. The number of aliphatic hydroxyl groups is 1. The van der Waals surface area contributed by atoms with Crippen LogP contribution >= 0.6 is 15.9 Å². The largest absolute Gasteiger partial charge is 0.612 e. The van der Waals surface area contributed by atoms with Crippen molar-refractivity contribution in [3.05, 3.63) is 58.1 Å². The highest BCUT2D eigenvalue weighted by Gasteiger charge is 2.16. The van der Waals surface area contributed by atoms with Crippen LogP contribution in [-0.2, 0) is 22.5 Å². The highest BCUT2D eigenvalue weighted by atomic mass is 79.9. The Balaban J connectivity index is 1.71. The number of halogens is 1. The summed E-state index contributed by atoms with van der Waals surface area (Å²) in [7, 11) is 0. The molecule has 0 aliphatic rings. The summed E-state index contributed by atoms with van der Waals surface area (Å²) in [6.07, 6.45) is 1.59. The van der Waals surface area contributed by atoms with Crippen molar-refractivity contribution in [2.75, 3.05) is 19.4 Å². The summed E-state index contributed by atoms with van der Waals surface area (Å²) in [5, 5.41) is 23.3. The van der Waals surface area contributed by atoms with E-state index in [1.54, 1.807) is 12.1 Å². The minimum absolute atomic E-state index is 0.0176. The van der Waals surface area contributed by atoms with Gasteiger partial charge in [-0.3, -0.25) is 0 Å². The molecule has 0 aromatic heterocycles. The average molecular weight is 456 g/mol. The summed E-state index contributed by atoms with van der Waals surface area (Å²) in [5.41, 5.74) is 1.76. The highest BCUT2D eigenvalue weighted by Crippen LogP contribution is 2.26. The maximum atomic E-state index is 11.6. The summed E-state index contributed by atoms with van der Waals surface area (Å²) >= 11 is 2.11. The van der Waals surface area contributed by atoms with Crippen LogP contribution in [0, 0.1) is 0 Å². The molecule has 27 heavy (non-hydrogen) atoms. The van der Waals surface area contributed by atoms with Crippen LogP contribution in [-0.4, -0.2) is 40.2 Å². The smallest absolute Gasteiger partial charge is 0.194 e. The van der Waals surface area contributed by atoms with Crippen LogP contribution in [0.1, 0.15) is 30.6 Å². The van der Waals surface area contributed by atoms with Crippen molar-refractivity contribution in [3.63, 3.8) is 0 Å². The van der Waals surface area contributed by atoms with Crippen LogP contribution in [0.15, 0.2) is 51.8 Å². The molecule has 0 spiro atoms. The van der Waals surface area contributed by atoms with Crippen LogP contribution in [0.3, 0.4) is 0 Å². The van der Waals surface area contributed by atoms with Gasteiger partial charge in [-0.15, -0.1) is 0 Å². The van der Waals surface area contributed by atoms with Gasteiger partial charge in [0.05, 0.1) is 12.7 Å². The molecule has 0 heterocycles. The van der Waals surface area contributed by atoms with E-state index in [-0.39, 0.29) is 11.8 Å².